The zero-order chi connectivity index (χ0) is 8.49. The SMILES string of the molecule is C1CCCCOCCOCCC1. The molecule has 0 aromatic heterocycles. The van der Waals surface area contributed by atoms with E-state index in [1.807, 2.05) is 0 Å². The van der Waals surface area contributed by atoms with Gasteiger partial charge in [0.25, 0.3) is 0 Å². The van der Waals surface area contributed by atoms with Crippen molar-refractivity contribution in [2.45, 2.75) is 38.5 Å². The van der Waals surface area contributed by atoms with E-state index in [-0.39, 0.29) is 0 Å². The van der Waals surface area contributed by atoms with E-state index in [0.717, 1.165) is 26.4 Å². The summed E-state index contributed by atoms with van der Waals surface area (Å²) in [6.45, 7) is 3.40. The number of hydrogen-bond donors (Lipinski definition) is 0. The minimum atomic E-state index is 0.778. The Kier molecular flexibility index (Phi) is 6.30. The van der Waals surface area contributed by atoms with Gasteiger partial charge in [0.1, 0.15) is 0 Å². The molecule has 1 heterocycles. The van der Waals surface area contributed by atoms with Crippen LogP contribution in [0.4, 0.5) is 0 Å². The van der Waals surface area contributed by atoms with Crippen molar-refractivity contribution in [3.05, 3.63) is 0 Å². The Labute approximate surface area is 75.2 Å². The van der Waals surface area contributed by atoms with Crippen molar-refractivity contribution in [1.82, 2.24) is 0 Å². The van der Waals surface area contributed by atoms with Crippen molar-refractivity contribution in [2.75, 3.05) is 26.4 Å². The van der Waals surface area contributed by atoms with Crippen LogP contribution in [0.5, 0.6) is 0 Å². The van der Waals surface area contributed by atoms with Gasteiger partial charge in [0.2, 0.25) is 0 Å². The summed E-state index contributed by atoms with van der Waals surface area (Å²) in [4.78, 5) is 0. The average Bonchev–Trinajstić information content (AvgIpc) is 2.05. The zero-order valence-electron chi connectivity index (χ0n) is 7.89. The summed E-state index contributed by atoms with van der Waals surface area (Å²) in [5.74, 6) is 0. The largest absolute Gasteiger partial charge is 0.379 e. The molecule has 0 aliphatic carbocycles. The van der Waals surface area contributed by atoms with Crippen molar-refractivity contribution in [2.24, 2.45) is 0 Å². The summed E-state index contributed by atoms with van der Waals surface area (Å²) < 4.78 is 10.8. The first-order valence-corrected chi connectivity index (χ1v) is 5.15. The molecule has 1 aliphatic heterocycles. The number of hydrogen-bond acceptors (Lipinski definition) is 2. The third kappa shape index (κ3) is 5.56. The molecule has 0 radical (unpaired) electrons. The van der Waals surface area contributed by atoms with E-state index in [0.29, 0.717) is 0 Å². The molecule has 0 spiro atoms. The molecule has 1 rings (SSSR count). The highest BCUT2D eigenvalue weighted by atomic mass is 16.5. The average molecular weight is 172 g/mol. The zero-order valence-corrected chi connectivity index (χ0v) is 7.89. The second kappa shape index (κ2) is 7.56. The lowest BCUT2D eigenvalue weighted by Gasteiger charge is -2.08. The van der Waals surface area contributed by atoms with Crippen molar-refractivity contribution in [1.29, 1.82) is 0 Å². The molecule has 0 aromatic rings. The maximum atomic E-state index is 5.38. The first-order chi connectivity index (χ1) is 6.00. The standard InChI is InChI=1S/C10H20O2/c1-2-4-6-8-12-10-9-11-7-5-3-1/h1-10H2. The summed E-state index contributed by atoms with van der Waals surface area (Å²) in [6.07, 6.45) is 7.84. The van der Waals surface area contributed by atoms with Crippen molar-refractivity contribution in [3.63, 3.8) is 0 Å². The van der Waals surface area contributed by atoms with Gasteiger partial charge in [0.15, 0.2) is 0 Å². The minimum absolute atomic E-state index is 0.778. The van der Waals surface area contributed by atoms with Crippen LogP contribution in [-0.2, 0) is 9.47 Å². The molecule has 1 saturated heterocycles. The van der Waals surface area contributed by atoms with Crippen LogP contribution in [0.2, 0.25) is 0 Å². The molecule has 0 atom stereocenters. The predicted octanol–water partition coefficient (Wildman–Crippen LogP) is 2.37. The monoisotopic (exact) mass is 172 g/mol. The maximum absolute atomic E-state index is 5.38. The Hall–Kier alpha value is -0.0800. The third-order valence-corrected chi connectivity index (χ3v) is 2.20. The first kappa shape index (κ1) is 10.0. The van der Waals surface area contributed by atoms with Gasteiger partial charge >= 0.3 is 0 Å². The molecule has 0 bridgehead atoms. The van der Waals surface area contributed by atoms with Crippen LogP contribution in [0.1, 0.15) is 38.5 Å². The van der Waals surface area contributed by atoms with Gasteiger partial charge in [-0.3, -0.25) is 0 Å². The molecule has 2 nitrogen and oxygen atoms in total. The van der Waals surface area contributed by atoms with Crippen molar-refractivity contribution >= 4 is 0 Å². The van der Waals surface area contributed by atoms with E-state index in [2.05, 4.69) is 0 Å². The number of rotatable bonds is 0. The molecule has 1 aliphatic rings. The third-order valence-electron chi connectivity index (χ3n) is 2.20. The van der Waals surface area contributed by atoms with Crippen LogP contribution in [0.25, 0.3) is 0 Å². The highest BCUT2D eigenvalue weighted by molar-refractivity contribution is 4.46. The van der Waals surface area contributed by atoms with E-state index >= 15 is 0 Å². The van der Waals surface area contributed by atoms with E-state index in [1.165, 1.54) is 38.5 Å². The van der Waals surface area contributed by atoms with Gasteiger partial charge in [0.05, 0.1) is 13.2 Å². The summed E-state index contributed by atoms with van der Waals surface area (Å²) in [5.41, 5.74) is 0. The van der Waals surface area contributed by atoms with Crippen LogP contribution in [0.3, 0.4) is 0 Å². The normalized spacial score (nSPS) is 24.0. The van der Waals surface area contributed by atoms with Crippen LogP contribution in [0, 0.1) is 0 Å². The highest BCUT2D eigenvalue weighted by Crippen LogP contribution is 2.06. The molecule has 0 saturated carbocycles. The molecule has 0 aromatic carbocycles. The Morgan fingerprint density at radius 3 is 1.33 bits per heavy atom. The highest BCUT2D eigenvalue weighted by Gasteiger charge is 1.95. The molecule has 0 amide bonds. The quantitative estimate of drug-likeness (QED) is 0.558. The first-order valence-electron chi connectivity index (χ1n) is 5.15. The van der Waals surface area contributed by atoms with E-state index in [4.69, 9.17) is 9.47 Å². The maximum Gasteiger partial charge on any atom is 0.0700 e. The predicted molar refractivity (Wildman–Crippen MR) is 49.3 cm³/mol. The van der Waals surface area contributed by atoms with Crippen LogP contribution in [0.15, 0.2) is 0 Å². The smallest absolute Gasteiger partial charge is 0.0700 e. The van der Waals surface area contributed by atoms with Crippen molar-refractivity contribution < 1.29 is 9.47 Å². The Balaban J connectivity index is 2.00. The van der Waals surface area contributed by atoms with Gasteiger partial charge in [-0.2, -0.15) is 0 Å². The fraction of sp³-hybridized carbons (Fsp3) is 1.00. The van der Waals surface area contributed by atoms with E-state index < -0.39 is 0 Å². The van der Waals surface area contributed by atoms with Crippen LogP contribution in [-0.4, -0.2) is 26.4 Å². The Morgan fingerprint density at radius 1 is 0.417 bits per heavy atom. The van der Waals surface area contributed by atoms with Gasteiger partial charge < -0.3 is 9.47 Å². The van der Waals surface area contributed by atoms with Gasteiger partial charge in [0, 0.05) is 13.2 Å². The fourth-order valence-corrected chi connectivity index (χ4v) is 1.44. The molecular weight excluding hydrogens is 152 g/mol. The van der Waals surface area contributed by atoms with Gasteiger partial charge in [-0.25, -0.2) is 0 Å². The molecule has 12 heavy (non-hydrogen) atoms. The Bertz CT molecular complexity index is 50.8. The van der Waals surface area contributed by atoms with Crippen LogP contribution >= 0.6 is 0 Å². The molecular formula is C10H20O2. The van der Waals surface area contributed by atoms with Crippen LogP contribution < -0.4 is 0 Å². The van der Waals surface area contributed by atoms with Crippen molar-refractivity contribution in [3.8, 4) is 0 Å². The lowest BCUT2D eigenvalue weighted by atomic mass is 10.1. The fourth-order valence-electron chi connectivity index (χ4n) is 1.44. The topological polar surface area (TPSA) is 18.5 Å². The summed E-state index contributed by atoms with van der Waals surface area (Å²) in [5, 5.41) is 0. The molecule has 1 fully saturated rings. The minimum Gasteiger partial charge on any atom is -0.379 e. The molecule has 2 heteroatoms. The van der Waals surface area contributed by atoms with E-state index in [9.17, 15) is 0 Å². The Morgan fingerprint density at radius 2 is 0.833 bits per heavy atom. The lowest BCUT2D eigenvalue weighted by Crippen LogP contribution is -2.07. The molecule has 72 valence electrons. The molecule has 0 unspecified atom stereocenters. The lowest BCUT2D eigenvalue weighted by molar-refractivity contribution is 0.0431. The second-order valence-electron chi connectivity index (χ2n) is 3.35. The molecule has 0 N–H and O–H groups in total. The summed E-state index contributed by atoms with van der Waals surface area (Å²) in [6, 6.07) is 0. The van der Waals surface area contributed by atoms with Gasteiger partial charge in [-0.05, 0) is 12.8 Å². The summed E-state index contributed by atoms with van der Waals surface area (Å²) in [7, 11) is 0. The van der Waals surface area contributed by atoms with Gasteiger partial charge in [-0.1, -0.05) is 25.7 Å². The number of ether oxygens (including phenoxy) is 2. The van der Waals surface area contributed by atoms with Gasteiger partial charge in [-0.15, -0.1) is 0 Å². The van der Waals surface area contributed by atoms with E-state index in [1.54, 1.807) is 0 Å². The summed E-state index contributed by atoms with van der Waals surface area (Å²) >= 11 is 0. The second-order valence-corrected chi connectivity index (χ2v) is 3.35.